The summed E-state index contributed by atoms with van der Waals surface area (Å²) in [7, 11) is 4.65. The molecule has 0 saturated heterocycles. The Morgan fingerprint density at radius 1 is 1.57 bits per heavy atom. The van der Waals surface area contributed by atoms with Crippen molar-refractivity contribution in [2.45, 2.75) is 7.43 Å². The van der Waals surface area contributed by atoms with E-state index in [1.165, 1.54) is 0 Å². The zero-order chi connectivity index (χ0) is 5.21. The summed E-state index contributed by atoms with van der Waals surface area (Å²) in [4.78, 5) is 15.5. The molecule has 2 N–H and O–H groups in total. The minimum absolute atomic E-state index is 0. The zero-order valence-corrected chi connectivity index (χ0v) is 5.00. The molecule has 0 unspecified atom stereocenters. The van der Waals surface area contributed by atoms with E-state index in [0.717, 1.165) is 0 Å². The highest BCUT2D eigenvalue weighted by atomic mass is 35.7. The van der Waals surface area contributed by atoms with Crippen molar-refractivity contribution in [1.82, 2.24) is 0 Å². The lowest BCUT2D eigenvalue weighted by molar-refractivity contribution is 0.397. The molecule has 0 radical (unpaired) electrons. The van der Waals surface area contributed by atoms with E-state index in [0.29, 0.717) is 0 Å². The summed E-state index contributed by atoms with van der Waals surface area (Å²) in [6.07, 6.45) is 0. The van der Waals surface area contributed by atoms with Gasteiger partial charge in [0.15, 0.2) is 0 Å². The van der Waals surface area contributed by atoms with Crippen molar-refractivity contribution >= 4 is 28.1 Å². The van der Waals surface area contributed by atoms with Crippen molar-refractivity contribution in [2.24, 2.45) is 0 Å². The van der Waals surface area contributed by atoms with Crippen LogP contribution in [-0.4, -0.2) is 9.79 Å². The van der Waals surface area contributed by atoms with Crippen LogP contribution in [0.4, 0.5) is 0 Å². The molecular weight excluding hydrogens is 159 g/mol. The van der Waals surface area contributed by atoms with E-state index in [-0.39, 0.29) is 18.0 Å². The van der Waals surface area contributed by atoms with Gasteiger partial charge in [0, 0.05) is 0 Å². The molecule has 0 spiro atoms. The topological polar surface area (TPSA) is 57.5 Å². The quantitative estimate of drug-likeness (QED) is 0.578. The molecule has 46 valence electrons. The van der Waals surface area contributed by atoms with E-state index >= 15 is 0 Å². The van der Waals surface area contributed by atoms with Crippen molar-refractivity contribution < 1.29 is 14.4 Å². The third-order valence-electron chi connectivity index (χ3n) is 0.0899. The molecule has 0 rings (SSSR count). The van der Waals surface area contributed by atoms with Gasteiger partial charge in [-0.2, -0.15) is 0 Å². The molecule has 0 aliphatic heterocycles. The molecule has 0 heterocycles. The molecular formula is CH6ClO3PS. The Morgan fingerprint density at radius 3 is 1.71 bits per heavy atom. The molecule has 0 aromatic heterocycles. The van der Waals surface area contributed by atoms with Gasteiger partial charge in [0.05, 0.1) is 10.6 Å². The number of rotatable bonds is 1. The van der Waals surface area contributed by atoms with Crippen LogP contribution in [0.1, 0.15) is 7.43 Å². The van der Waals surface area contributed by atoms with Gasteiger partial charge in [0.1, 0.15) is 0 Å². The normalized spacial score (nSPS) is 10.1. The second-order valence-corrected chi connectivity index (χ2v) is 4.76. The third-order valence-corrected chi connectivity index (χ3v) is 2.43. The van der Waals surface area contributed by atoms with Crippen LogP contribution in [-0.2, 0) is 4.57 Å². The first-order chi connectivity index (χ1) is 2.56. The van der Waals surface area contributed by atoms with Crippen LogP contribution in [0.15, 0.2) is 0 Å². The molecule has 0 aliphatic carbocycles. The van der Waals surface area contributed by atoms with Crippen LogP contribution in [0.3, 0.4) is 0 Å². The summed E-state index contributed by atoms with van der Waals surface area (Å²) in [6, 6.07) is 0. The van der Waals surface area contributed by atoms with Gasteiger partial charge in [0.25, 0.3) is 0 Å². The molecule has 0 aromatic carbocycles. The molecule has 3 nitrogen and oxygen atoms in total. The summed E-state index contributed by atoms with van der Waals surface area (Å²) >= 11 is 0. The molecule has 0 fully saturated rings. The standard InChI is InChI=1S/CH4.ClH2O3PS/c;1-6-5(2,3)4/h1H4;(H2,2,3,4). The summed E-state index contributed by atoms with van der Waals surface area (Å²) < 4.78 is 9.53. The molecule has 7 heavy (non-hydrogen) atoms. The number of hydrogen-bond acceptors (Lipinski definition) is 2. The summed E-state index contributed by atoms with van der Waals surface area (Å²) in [6.45, 7) is -3.96. The molecule has 0 bridgehead atoms. The van der Waals surface area contributed by atoms with Gasteiger partial charge in [-0.1, -0.05) is 7.43 Å². The van der Waals surface area contributed by atoms with Crippen LogP contribution >= 0.6 is 28.1 Å². The van der Waals surface area contributed by atoms with Crippen molar-refractivity contribution in [3.63, 3.8) is 0 Å². The Labute approximate surface area is 50.5 Å². The van der Waals surface area contributed by atoms with Crippen LogP contribution in [0.5, 0.6) is 0 Å². The molecule has 0 saturated carbocycles. The maximum atomic E-state index is 9.53. The van der Waals surface area contributed by atoms with Gasteiger partial charge in [-0.25, -0.2) is 4.57 Å². The zero-order valence-electron chi connectivity index (χ0n) is 2.54. The van der Waals surface area contributed by atoms with Crippen molar-refractivity contribution in [3.05, 3.63) is 0 Å². The van der Waals surface area contributed by atoms with Crippen molar-refractivity contribution in [1.29, 1.82) is 0 Å². The largest absolute Gasteiger partial charge is 0.399 e. The minimum Gasteiger partial charge on any atom is -0.316 e. The van der Waals surface area contributed by atoms with Crippen LogP contribution in [0.2, 0.25) is 0 Å². The maximum absolute atomic E-state index is 9.53. The highest BCUT2D eigenvalue weighted by Gasteiger charge is 2.09. The first kappa shape index (κ1) is 10.7. The van der Waals surface area contributed by atoms with E-state index in [1.54, 1.807) is 0 Å². The Bertz CT molecular complexity index is 79.0. The van der Waals surface area contributed by atoms with Gasteiger partial charge < -0.3 is 9.79 Å². The van der Waals surface area contributed by atoms with Gasteiger partial charge >= 0.3 is 6.80 Å². The number of halogens is 1. The Hall–Kier alpha value is 0.790. The second-order valence-electron chi connectivity index (χ2n) is 0.560. The predicted octanol–water partition coefficient (Wildman–Crippen LogP) is 1.60. The summed E-state index contributed by atoms with van der Waals surface area (Å²) in [5, 5.41) is 0. The first-order valence-corrected chi connectivity index (χ1v) is 4.78. The summed E-state index contributed by atoms with van der Waals surface area (Å²) in [5.74, 6) is 0. The van der Waals surface area contributed by atoms with Gasteiger partial charge in [-0.15, -0.1) is 0 Å². The highest BCUT2D eigenvalue weighted by molar-refractivity contribution is 8.65. The average Bonchev–Trinajstić information content (AvgIpc) is 1.35. The predicted molar refractivity (Wildman–Crippen MR) is 32.2 cm³/mol. The monoisotopic (exact) mass is 164 g/mol. The smallest absolute Gasteiger partial charge is 0.316 e. The lowest BCUT2D eigenvalue weighted by Crippen LogP contribution is -1.58. The molecule has 0 aromatic rings. The lowest BCUT2D eigenvalue weighted by atomic mass is 12.0. The van der Waals surface area contributed by atoms with Gasteiger partial charge in [-0.3, -0.25) is 0 Å². The fourth-order valence-electron chi connectivity index (χ4n) is 0. The molecule has 6 heteroatoms. The SMILES string of the molecule is C.O=P(O)(O)SCl. The molecule has 0 aliphatic rings. The lowest BCUT2D eigenvalue weighted by Gasteiger charge is -1.89. The van der Waals surface area contributed by atoms with E-state index in [1.807, 2.05) is 0 Å². The van der Waals surface area contributed by atoms with E-state index in [4.69, 9.17) is 9.79 Å². The van der Waals surface area contributed by atoms with Crippen LogP contribution in [0, 0.1) is 0 Å². The first-order valence-electron chi connectivity index (χ1n) is 0.919. The minimum atomic E-state index is -3.96. The Kier molecular flexibility index (Phi) is 5.74. The van der Waals surface area contributed by atoms with Crippen LogP contribution in [0.25, 0.3) is 0 Å². The molecule has 0 atom stereocenters. The van der Waals surface area contributed by atoms with Gasteiger partial charge in [0.2, 0.25) is 0 Å². The Balaban J connectivity index is 0. The van der Waals surface area contributed by atoms with Crippen molar-refractivity contribution in [2.75, 3.05) is 0 Å². The van der Waals surface area contributed by atoms with Crippen molar-refractivity contribution in [3.8, 4) is 0 Å². The fourth-order valence-corrected chi connectivity index (χ4v) is 0. The number of hydrogen-bond donors (Lipinski definition) is 2. The highest BCUT2D eigenvalue weighted by Crippen LogP contribution is 2.52. The van der Waals surface area contributed by atoms with E-state index in [9.17, 15) is 4.57 Å². The van der Waals surface area contributed by atoms with E-state index < -0.39 is 6.80 Å². The van der Waals surface area contributed by atoms with E-state index in [2.05, 4.69) is 10.7 Å². The fraction of sp³-hybridized carbons (Fsp3) is 1.00. The summed E-state index contributed by atoms with van der Waals surface area (Å²) in [5.41, 5.74) is 0. The second kappa shape index (κ2) is 3.75. The van der Waals surface area contributed by atoms with Crippen LogP contribution < -0.4 is 0 Å². The average molecular weight is 165 g/mol. The third kappa shape index (κ3) is 10.8. The maximum Gasteiger partial charge on any atom is 0.399 e. The molecule has 0 amide bonds. The van der Waals surface area contributed by atoms with Gasteiger partial charge in [-0.05, 0) is 10.7 Å². The Morgan fingerprint density at radius 2 is 1.71 bits per heavy atom.